The Hall–Kier alpha value is -0.780. The number of nitrogens with zero attached hydrogens (tertiary/aromatic N) is 1. The molecule has 0 fully saturated rings. The lowest BCUT2D eigenvalue weighted by Gasteiger charge is -2.21. The van der Waals surface area contributed by atoms with E-state index >= 15 is 0 Å². The van der Waals surface area contributed by atoms with Crippen molar-refractivity contribution < 1.29 is 28.8 Å². The Morgan fingerprint density at radius 1 is 0.426 bits per heavy atom. The molecule has 0 radical (unpaired) electrons. The van der Waals surface area contributed by atoms with Crippen LogP contribution in [0, 0.1) is 0 Å². The van der Waals surface area contributed by atoms with E-state index in [1.165, 1.54) is 199 Å². The number of rotatable bonds is 37. The van der Waals surface area contributed by atoms with Gasteiger partial charge >= 0.3 is 0 Å². The van der Waals surface area contributed by atoms with Crippen molar-refractivity contribution in [2.24, 2.45) is 11.5 Å². The van der Waals surface area contributed by atoms with Gasteiger partial charge in [-0.05, 0) is 57.8 Å². The molecule has 54 heavy (non-hydrogen) atoms. The van der Waals surface area contributed by atoms with Crippen molar-refractivity contribution in [2.75, 3.05) is 52.6 Å². The van der Waals surface area contributed by atoms with Gasteiger partial charge in [0.25, 0.3) is 0 Å². The molecule has 0 aromatic carbocycles. The van der Waals surface area contributed by atoms with Gasteiger partial charge in [-0.3, -0.25) is 0 Å². The first-order valence-corrected chi connectivity index (χ1v) is 21.1. The molecule has 0 aromatic heterocycles. The molecular formula is C45H116N4O5. The van der Waals surface area contributed by atoms with E-state index in [1.807, 2.05) is 0 Å². The Morgan fingerprint density at radius 2 is 0.630 bits per heavy atom. The van der Waals surface area contributed by atoms with E-state index in [9.17, 15) is 0 Å². The van der Waals surface area contributed by atoms with Crippen LogP contribution in [0.2, 0.25) is 0 Å². The van der Waals surface area contributed by atoms with Gasteiger partial charge in [0.15, 0.2) is 0 Å². The summed E-state index contributed by atoms with van der Waals surface area (Å²) in [7, 11) is 0. The predicted molar refractivity (Wildman–Crippen MR) is 254 cm³/mol. The molecule has 13 N–H and O–H groups in total. The summed E-state index contributed by atoms with van der Waals surface area (Å²) in [6.45, 7) is 20.2. The third-order valence-corrected chi connectivity index (χ3v) is 8.71. The summed E-state index contributed by atoms with van der Waals surface area (Å²) in [5.74, 6) is 0. The number of unbranched alkanes of at least 4 members (excludes halogenated alkanes) is 23. The topological polar surface area (TPSA) is 203 Å². The van der Waals surface area contributed by atoms with Gasteiger partial charge in [-0.2, -0.15) is 0 Å². The maximum Gasteiger partial charge on any atom is 0.0466 e. The summed E-state index contributed by atoms with van der Waals surface area (Å²) in [5, 5.41) is 0. The fourth-order valence-electron chi connectivity index (χ4n) is 5.68. The van der Waals surface area contributed by atoms with Gasteiger partial charge < -0.3 is 48.4 Å². The highest BCUT2D eigenvalue weighted by molar-refractivity contribution is 4.60. The third kappa shape index (κ3) is 84.0. The zero-order valence-corrected chi connectivity index (χ0v) is 35.4. The van der Waals surface area contributed by atoms with Crippen LogP contribution in [0.5, 0.6) is 0 Å². The highest BCUT2D eigenvalue weighted by Crippen LogP contribution is 2.11. The molecule has 0 aromatic rings. The molecule has 0 bridgehead atoms. The van der Waals surface area contributed by atoms with Crippen LogP contribution in [-0.4, -0.2) is 73.9 Å². The van der Waals surface area contributed by atoms with Crippen LogP contribution in [0.3, 0.4) is 0 Å². The second-order valence-corrected chi connectivity index (χ2v) is 13.6. The molecule has 0 saturated heterocycles. The summed E-state index contributed by atoms with van der Waals surface area (Å²) in [4.78, 5) is 2.56. The first kappa shape index (κ1) is 77.7. The van der Waals surface area contributed by atoms with Crippen molar-refractivity contribution in [1.29, 1.82) is 0 Å². The van der Waals surface area contributed by atoms with E-state index in [-0.39, 0.29) is 47.7 Å². The Bertz CT molecular complexity index is 497. The summed E-state index contributed by atoms with van der Waals surface area (Å²) >= 11 is 0. The number of hydrogen-bond acceptors (Lipinski definition) is 6. The summed E-state index contributed by atoms with van der Waals surface area (Å²) < 4.78 is 11.6. The van der Waals surface area contributed by atoms with E-state index in [0.29, 0.717) is 0 Å². The Balaban J connectivity index is -0.0000000851. The van der Waals surface area contributed by atoms with Gasteiger partial charge in [0, 0.05) is 42.4 Å². The van der Waals surface area contributed by atoms with Crippen LogP contribution in [-0.2, 0) is 9.47 Å². The summed E-state index contributed by atoms with van der Waals surface area (Å²) in [5.41, 5.74) is 10.5. The SMILES string of the molecule is C.C.C.C=CN.CCCCCCCC.CCCCCCCCCCCOCCCCN(CCN)CCCCCCCCOCCCCCCC.N.O.O.O.[HH].[HH]. The highest BCUT2D eigenvalue weighted by atomic mass is 16.5. The van der Waals surface area contributed by atoms with Gasteiger partial charge in [0.05, 0.1) is 0 Å². The zero-order valence-electron chi connectivity index (χ0n) is 35.4. The maximum atomic E-state index is 5.87. The van der Waals surface area contributed by atoms with Crippen molar-refractivity contribution in [3.05, 3.63) is 12.8 Å². The number of ether oxygens (including phenoxy) is 2. The lowest BCUT2D eigenvalue weighted by Crippen LogP contribution is -2.31. The van der Waals surface area contributed by atoms with E-state index in [1.54, 1.807) is 0 Å². The highest BCUT2D eigenvalue weighted by Gasteiger charge is 2.04. The molecule has 0 saturated carbocycles. The smallest absolute Gasteiger partial charge is 0.0466 e. The molecule has 9 nitrogen and oxygen atoms in total. The lowest BCUT2D eigenvalue weighted by atomic mass is 10.1. The molecule has 0 aliphatic heterocycles. The van der Waals surface area contributed by atoms with Crippen molar-refractivity contribution in [3.8, 4) is 0 Å². The van der Waals surface area contributed by atoms with Crippen LogP contribution in [0.25, 0.3) is 0 Å². The van der Waals surface area contributed by atoms with Gasteiger partial charge in [0.1, 0.15) is 0 Å². The molecule has 0 unspecified atom stereocenters. The van der Waals surface area contributed by atoms with E-state index in [2.05, 4.69) is 44.9 Å². The van der Waals surface area contributed by atoms with Gasteiger partial charge in [-0.25, -0.2) is 0 Å². The van der Waals surface area contributed by atoms with E-state index in [4.69, 9.17) is 15.2 Å². The van der Waals surface area contributed by atoms with Crippen LogP contribution in [0.15, 0.2) is 12.8 Å². The molecule has 0 amide bonds. The lowest BCUT2D eigenvalue weighted by molar-refractivity contribution is 0.122. The van der Waals surface area contributed by atoms with Crippen LogP contribution in [0.1, 0.15) is 233 Å². The average molecular weight is 793 g/mol. The van der Waals surface area contributed by atoms with Crippen LogP contribution in [0.4, 0.5) is 0 Å². The van der Waals surface area contributed by atoms with Crippen LogP contribution < -0.4 is 17.6 Å². The molecule has 9 heteroatoms. The van der Waals surface area contributed by atoms with Crippen molar-refractivity contribution in [2.45, 2.75) is 230 Å². The second-order valence-electron chi connectivity index (χ2n) is 13.6. The first-order chi connectivity index (χ1) is 23.2. The molecular weight excluding hydrogens is 677 g/mol. The Morgan fingerprint density at radius 3 is 0.889 bits per heavy atom. The fraction of sp³-hybridized carbons (Fsp3) is 0.956. The number of nitrogens with two attached hydrogens (primary N) is 2. The molecule has 0 heterocycles. The van der Waals surface area contributed by atoms with Crippen molar-refractivity contribution in [1.82, 2.24) is 11.1 Å². The summed E-state index contributed by atoms with van der Waals surface area (Å²) in [6, 6.07) is 0. The quantitative estimate of drug-likeness (QED) is 0.0522. The normalized spacial score (nSPS) is 9.44. The third-order valence-electron chi connectivity index (χ3n) is 8.71. The maximum absolute atomic E-state index is 5.87. The van der Waals surface area contributed by atoms with E-state index in [0.717, 1.165) is 39.5 Å². The minimum absolute atomic E-state index is 0. The fourth-order valence-corrected chi connectivity index (χ4v) is 5.68. The second kappa shape index (κ2) is 80.6. The number of hydrogen-bond donors (Lipinski definition) is 3. The minimum atomic E-state index is 0. The molecule has 0 atom stereocenters. The standard InChI is InChI=1S/C32H68N2O2.C8H18.C2H5N.3CH4.H3N.3H2O.2H2/c1-3-5-7-9-10-11-13-17-22-31-36-32-24-20-27-34(28-25-33)26-19-15-12-14-18-23-30-35-29-21-16-8-6-4-2;1-3-5-7-8-6-4-2;1-2-3;;;;;;;;;/h3-33H2,1-2H3;3-8H2,1-2H3;2H,1,3H2;3*1H4;1H3;3*1H2;2*1H. The molecule has 0 aliphatic carbocycles. The average Bonchev–Trinajstić information content (AvgIpc) is 3.07. The Labute approximate surface area is 345 Å². The van der Waals surface area contributed by atoms with Gasteiger partial charge in [-0.1, -0.05) is 198 Å². The molecule has 0 rings (SSSR count). The van der Waals surface area contributed by atoms with Crippen molar-refractivity contribution in [3.63, 3.8) is 0 Å². The summed E-state index contributed by atoms with van der Waals surface area (Å²) in [6.07, 6.45) is 39.1. The largest absolute Gasteiger partial charge is 0.412 e. The monoisotopic (exact) mass is 793 g/mol. The molecule has 346 valence electrons. The van der Waals surface area contributed by atoms with Crippen molar-refractivity contribution >= 4 is 0 Å². The van der Waals surface area contributed by atoms with Gasteiger partial charge in [0.2, 0.25) is 0 Å². The minimum Gasteiger partial charge on any atom is -0.412 e. The first-order valence-electron chi connectivity index (χ1n) is 21.1. The Kier molecular flexibility index (Phi) is 116. The van der Waals surface area contributed by atoms with Crippen LogP contribution >= 0.6 is 0 Å². The zero-order chi connectivity index (χ0) is 35.2. The predicted octanol–water partition coefficient (Wildman–Crippen LogP) is 12.4. The molecule has 0 aliphatic rings. The van der Waals surface area contributed by atoms with E-state index < -0.39 is 0 Å². The van der Waals surface area contributed by atoms with Gasteiger partial charge in [-0.15, -0.1) is 0 Å². The molecule has 0 spiro atoms.